The van der Waals surface area contributed by atoms with Crippen molar-refractivity contribution in [1.82, 2.24) is 4.98 Å². The van der Waals surface area contributed by atoms with Gasteiger partial charge in [-0.05, 0) is 53.2 Å². The third-order valence-electron chi connectivity index (χ3n) is 2.58. The largest absolute Gasteiger partial charge is 0.573 e. The summed E-state index contributed by atoms with van der Waals surface area (Å²) in [6, 6.07) is 9.96. The van der Waals surface area contributed by atoms with Crippen molar-refractivity contribution in [3.8, 4) is 5.75 Å². The second-order valence-corrected chi connectivity index (χ2v) is 5.17. The number of halogens is 4. The third-order valence-corrected chi connectivity index (χ3v) is 3.20. The molecule has 0 aliphatic carbocycles. The van der Waals surface area contributed by atoms with E-state index in [4.69, 9.17) is 0 Å². The van der Waals surface area contributed by atoms with Crippen LogP contribution in [0.5, 0.6) is 5.75 Å². The van der Waals surface area contributed by atoms with Crippen LogP contribution >= 0.6 is 15.9 Å². The van der Waals surface area contributed by atoms with Crippen LogP contribution in [0.25, 0.3) is 0 Å². The highest BCUT2D eigenvalue weighted by molar-refractivity contribution is 9.10. The van der Waals surface area contributed by atoms with Crippen molar-refractivity contribution in [2.75, 3.05) is 5.32 Å². The predicted molar refractivity (Wildman–Crippen MR) is 77.1 cm³/mol. The molecule has 0 bridgehead atoms. The van der Waals surface area contributed by atoms with Gasteiger partial charge in [0, 0.05) is 11.4 Å². The van der Waals surface area contributed by atoms with E-state index in [0.717, 1.165) is 11.4 Å². The summed E-state index contributed by atoms with van der Waals surface area (Å²) in [4.78, 5) is 4.33. The average Bonchev–Trinajstić information content (AvgIpc) is 2.38. The molecule has 0 aliphatic heterocycles. The summed E-state index contributed by atoms with van der Waals surface area (Å²) in [5.41, 5.74) is 2.42. The van der Waals surface area contributed by atoms with E-state index in [9.17, 15) is 13.2 Å². The van der Waals surface area contributed by atoms with Crippen LogP contribution in [-0.4, -0.2) is 11.3 Å². The van der Waals surface area contributed by atoms with E-state index in [2.05, 4.69) is 31.0 Å². The van der Waals surface area contributed by atoms with Crippen LogP contribution in [0, 0.1) is 6.92 Å². The van der Waals surface area contributed by atoms with Crippen molar-refractivity contribution in [3.05, 3.63) is 52.3 Å². The van der Waals surface area contributed by atoms with Crippen molar-refractivity contribution < 1.29 is 17.9 Å². The first-order chi connectivity index (χ1) is 9.83. The van der Waals surface area contributed by atoms with Crippen LogP contribution in [-0.2, 0) is 6.54 Å². The van der Waals surface area contributed by atoms with Gasteiger partial charge in [-0.1, -0.05) is 6.07 Å². The average molecular weight is 361 g/mol. The zero-order valence-corrected chi connectivity index (χ0v) is 12.6. The summed E-state index contributed by atoms with van der Waals surface area (Å²) in [5, 5.41) is 3.09. The van der Waals surface area contributed by atoms with Crippen molar-refractivity contribution in [2.24, 2.45) is 0 Å². The molecule has 0 aliphatic rings. The molecule has 1 heterocycles. The van der Waals surface area contributed by atoms with Crippen molar-refractivity contribution in [2.45, 2.75) is 19.8 Å². The highest BCUT2D eigenvalue weighted by Crippen LogP contribution is 2.32. The van der Waals surface area contributed by atoms with E-state index in [1.165, 1.54) is 18.2 Å². The molecule has 112 valence electrons. The maximum Gasteiger partial charge on any atom is 0.573 e. The van der Waals surface area contributed by atoms with E-state index in [-0.39, 0.29) is 10.2 Å². The van der Waals surface area contributed by atoms with Gasteiger partial charge in [0.1, 0.15) is 5.75 Å². The van der Waals surface area contributed by atoms with Gasteiger partial charge in [0.25, 0.3) is 0 Å². The van der Waals surface area contributed by atoms with Crippen LogP contribution in [0.4, 0.5) is 18.9 Å². The summed E-state index contributed by atoms with van der Waals surface area (Å²) >= 11 is 3.06. The first kappa shape index (κ1) is 15.6. The lowest BCUT2D eigenvalue weighted by Crippen LogP contribution is -2.17. The number of pyridine rings is 1. The Balaban J connectivity index is 2.03. The Hall–Kier alpha value is -1.76. The zero-order chi connectivity index (χ0) is 15.5. The number of hydrogen-bond donors (Lipinski definition) is 1. The van der Waals surface area contributed by atoms with Gasteiger partial charge in [-0.15, -0.1) is 13.2 Å². The number of aromatic nitrogens is 1. The molecule has 0 amide bonds. The van der Waals surface area contributed by atoms with Crippen LogP contribution < -0.4 is 10.1 Å². The van der Waals surface area contributed by atoms with E-state index < -0.39 is 6.36 Å². The number of nitrogens with zero attached hydrogens (tertiary/aromatic N) is 1. The summed E-state index contributed by atoms with van der Waals surface area (Å²) in [6.07, 6.45) is -4.71. The van der Waals surface area contributed by atoms with Crippen molar-refractivity contribution in [3.63, 3.8) is 0 Å². The quantitative estimate of drug-likeness (QED) is 0.860. The lowest BCUT2D eigenvalue weighted by atomic mass is 10.2. The van der Waals surface area contributed by atoms with E-state index in [0.29, 0.717) is 12.2 Å². The highest BCUT2D eigenvalue weighted by Gasteiger charge is 2.31. The molecule has 0 saturated carbocycles. The number of rotatable bonds is 4. The number of nitrogens with one attached hydrogen (secondary N) is 1. The molecular formula is C14H12BrF3N2O. The molecule has 0 spiro atoms. The van der Waals surface area contributed by atoms with Crippen LogP contribution in [0.15, 0.2) is 40.9 Å². The number of anilines is 1. The van der Waals surface area contributed by atoms with Gasteiger partial charge in [0.15, 0.2) is 0 Å². The fraction of sp³-hybridized carbons (Fsp3) is 0.214. The number of aryl methyl sites for hydroxylation is 1. The molecule has 7 heteroatoms. The Morgan fingerprint density at radius 3 is 2.62 bits per heavy atom. The smallest absolute Gasteiger partial charge is 0.405 e. The minimum Gasteiger partial charge on any atom is -0.405 e. The number of hydrogen-bond acceptors (Lipinski definition) is 3. The normalized spacial score (nSPS) is 11.3. The lowest BCUT2D eigenvalue weighted by molar-refractivity contribution is -0.274. The Kier molecular flexibility index (Phi) is 4.72. The second kappa shape index (κ2) is 6.34. The fourth-order valence-electron chi connectivity index (χ4n) is 1.71. The van der Waals surface area contributed by atoms with Gasteiger partial charge in [-0.2, -0.15) is 0 Å². The van der Waals surface area contributed by atoms with Gasteiger partial charge in [-0.25, -0.2) is 0 Å². The Labute approximate surface area is 128 Å². The molecule has 0 unspecified atom stereocenters. The van der Waals surface area contributed by atoms with Gasteiger partial charge >= 0.3 is 6.36 Å². The van der Waals surface area contributed by atoms with Crippen LogP contribution in [0.1, 0.15) is 11.4 Å². The molecule has 2 rings (SSSR count). The monoisotopic (exact) mass is 360 g/mol. The molecule has 0 radical (unpaired) electrons. The Bertz CT molecular complexity index is 632. The first-order valence-corrected chi connectivity index (χ1v) is 6.84. The van der Waals surface area contributed by atoms with E-state index >= 15 is 0 Å². The number of alkyl halides is 3. The van der Waals surface area contributed by atoms with Gasteiger partial charge < -0.3 is 10.1 Å². The summed E-state index contributed by atoms with van der Waals surface area (Å²) in [7, 11) is 0. The molecule has 0 fully saturated rings. The maximum absolute atomic E-state index is 12.2. The maximum atomic E-state index is 12.2. The van der Waals surface area contributed by atoms with Crippen LogP contribution in [0.2, 0.25) is 0 Å². The molecule has 1 aromatic heterocycles. The molecule has 3 nitrogen and oxygen atoms in total. The number of ether oxygens (including phenoxy) is 1. The highest BCUT2D eigenvalue weighted by atomic mass is 79.9. The van der Waals surface area contributed by atoms with Gasteiger partial charge in [0.2, 0.25) is 0 Å². The molecular weight excluding hydrogens is 349 g/mol. The van der Waals surface area contributed by atoms with E-state index in [1.807, 2.05) is 25.1 Å². The summed E-state index contributed by atoms with van der Waals surface area (Å²) < 4.78 is 40.6. The fourth-order valence-corrected chi connectivity index (χ4v) is 2.17. The SMILES string of the molecule is Cc1cccc(CNc2ccc(OC(F)(F)F)c(Br)c2)n1. The molecule has 0 saturated heterocycles. The van der Waals surface area contributed by atoms with Crippen molar-refractivity contribution in [1.29, 1.82) is 0 Å². The first-order valence-electron chi connectivity index (χ1n) is 6.05. The second-order valence-electron chi connectivity index (χ2n) is 4.32. The van der Waals surface area contributed by atoms with Crippen molar-refractivity contribution >= 4 is 21.6 Å². The lowest BCUT2D eigenvalue weighted by Gasteiger charge is -2.12. The third kappa shape index (κ3) is 4.93. The minimum atomic E-state index is -4.71. The van der Waals surface area contributed by atoms with Crippen LogP contribution in [0.3, 0.4) is 0 Å². The Morgan fingerprint density at radius 1 is 1.24 bits per heavy atom. The Morgan fingerprint density at radius 2 is 2.00 bits per heavy atom. The zero-order valence-electron chi connectivity index (χ0n) is 11.0. The topological polar surface area (TPSA) is 34.1 Å². The molecule has 2 aromatic rings. The minimum absolute atomic E-state index is 0.224. The molecule has 1 N–H and O–H groups in total. The summed E-state index contributed by atoms with van der Waals surface area (Å²) in [5.74, 6) is -0.276. The summed E-state index contributed by atoms with van der Waals surface area (Å²) in [6.45, 7) is 2.37. The molecule has 21 heavy (non-hydrogen) atoms. The molecule has 1 aromatic carbocycles. The molecule has 0 atom stereocenters. The standard InChI is InChI=1S/C14H12BrF3N2O/c1-9-3-2-4-11(20-9)8-19-10-5-6-13(12(15)7-10)21-14(16,17)18/h2-7,19H,8H2,1H3. The van der Waals surface area contributed by atoms with E-state index in [1.54, 1.807) is 0 Å². The van der Waals surface area contributed by atoms with Gasteiger partial charge in [0.05, 0.1) is 16.7 Å². The van der Waals surface area contributed by atoms with Gasteiger partial charge in [-0.3, -0.25) is 4.98 Å². The number of benzene rings is 1. The predicted octanol–water partition coefficient (Wildman–Crippen LogP) is 4.66.